The number of hydrogen-bond acceptors (Lipinski definition) is 0. The molecule has 1 aromatic heterocycles. The second kappa shape index (κ2) is 10.5. The van der Waals surface area contributed by atoms with E-state index in [0.717, 1.165) is 40.7 Å². The summed E-state index contributed by atoms with van der Waals surface area (Å²) in [6.07, 6.45) is 6.74. The third kappa shape index (κ3) is 4.46. The van der Waals surface area contributed by atoms with E-state index in [9.17, 15) is 0 Å². The zero-order chi connectivity index (χ0) is 26.2. The molecule has 1 aliphatic rings. The zero-order valence-corrected chi connectivity index (χ0v) is 24.2. The van der Waals surface area contributed by atoms with Gasteiger partial charge < -0.3 is 0 Å². The first kappa shape index (κ1) is 25.8. The van der Waals surface area contributed by atoms with E-state index in [-0.39, 0.29) is 5.82 Å². The molecule has 1 heterocycles. The van der Waals surface area contributed by atoms with Crippen molar-refractivity contribution in [3.8, 4) is 22.4 Å². The maximum Gasteiger partial charge on any atom is 0.220 e. The monoisotopic (exact) mass is 510 g/mol. The summed E-state index contributed by atoms with van der Waals surface area (Å²) < 4.78 is 18.5. The number of aryl methyl sites for hydroxylation is 1. The fourth-order valence-electron chi connectivity index (χ4n) is 6.94. The predicted octanol–water partition coefficient (Wildman–Crippen LogP) is 8.82. The van der Waals surface area contributed by atoms with Gasteiger partial charge in [0.15, 0.2) is 6.20 Å². The molecule has 0 unspecified atom stereocenters. The molecule has 0 N–H and O–H groups in total. The molecule has 0 spiro atoms. The molecular weight excluding hydrogens is 469 g/mol. The first-order chi connectivity index (χ1) is 17.9. The van der Waals surface area contributed by atoms with Gasteiger partial charge in [-0.2, -0.15) is 0 Å². The lowest BCUT2D eigenvalue weighted by Gasteiger charge is -2.29. The molecule has 0 aliphatic heterocycles. The van der Waals surface area contributed by atoms with Crippen LogP contribution in [-0.4, -0.2) is 8.07 Å². The van der Waals surface area contributed by atoms with Gasteiger partial charge in [-0.1, -0.05) is 99.4 Å². The van der Waals surface area contributed by atoms with Gasteiger partial charge in [-0.15, -0.1) is 0 Å². The van der Waals surface area contributed by atoms with Gasteiger partial charge in [0.2, 0.25) is 5.69 Å². The van der Waals surface area contributed by atoms with Crippen molar-refractivity contribution in [1.29, 1.82) is 0 Å². The lowest BCUT2D eigenvalue weighted by molar-refractivity contribution is -0.659. The van der Waals surface area contributed by atoms with E-state index in [1.165, 1.54) is 47.4 Å². The minimum absolute atomic E-state index is 0.0193. The molecule has 192 valence electrons. The predicted molar refractivity (Wildman–Crippen MR) is 159 cm³/mol. The molecule has 0 saturated heterocycles. The SMILES string of the molecule is CC[Si](CC)(CC)c1ccc2c(-c3cc(-c4ccccc4)c(F)c(C4CCCC4)c3C)[n+](C)ccc2c1. The number of benzene rings is 3. The third-order valence-corrected chi connectivity index (χ3v) is 15.0. The number of rotatable bonds is 7. The Morgan fingerprint density at radius 1 is 0.865 bits per heavy atom. The molecule has 37 heavy (non-hydrogen) atoms. The van der Waals surface area contributed by atoms with Crippen molar-refractivity contribution < 1.29 is 8.96 Å². The summed E-state index contributed by atoms with van der Waals surface area (Å²) >= 11 is 0. The highest BCUT2D eigenvalue weighted by atomic mass is 28.3. The Labute approximate surface area is 223 Å². The van der Waals surface area contributed by atoms with Crippen LogP contribution in [0.3, 0.4) is 0 Å². The standard InChI is InChI=1S/C34H41FNSi/c1-6-37(7-2,8-3)28-18-19-29-27(22-28)20-21-36(5)34(29)30-23-31(25-14-10-9-11-15-25)33(35)32(24(30)4)26-16-12-13-17-26/h9-11,14-15,18-23,26H,6-8,12-13,16-17H2,1-5H3/q+1. The number of aromatic nitrogens is 1. The van der Waals surface area contributed by atoms with E-state index < -0.39 is 8.07 Å². The number of fused-ring (bicyclic) bond motifs is 1. The largest absolute Gasteiger partial charge is 0.220 e. The lowest BCUT2D eigenvalue weighted by atomic mass is 9.85. The quantitative estimate of drug-likeness (QED) is 0.173. The Kier molecular flexibility index (Phi) is 7.36. The normalized spacial score (nSPS) is 14.5. The van der Waals surface area contributed by atoms with Gasteiger partial charge >= 0.3 is 0 Å². The van der Waals surface area contributed by atoms with Crippen LogP contribution in [0.4, 0.5) is 4.39 Å². The van der Waals surface area contributed by atoms with Crippen molar-refractivity contribution in [1.82, 2.24) is 0 Å². The molecule has 1 nitrogen and oxygen atoms in total. The zero-order valence-electron chi connectivity index (χ0n) is 23.2. The summed E-state index contributed by atoms with van der Waals surface area (Å²) in [7, 11) is 0.655. The van der Waals surface area contributed by atoms with Gasteiger partial charge in [0.1, 0.15) is 12.9 Å². The van der Waals surface area contributed by atoms with Crippen LogP contribution in [0, 0.1) is 12.7 Å². The van der Waals surface area contributed by atoms with E-state index >= 15 is 4.39 Å². The molecule has 5 rings (SSSR count). The van der Waals surface area contributed by atoms with Gasteiger partial charge in [0.05, 0.1) is 19.0 Å². The molecule has 1 aliphatic carbocycles. The lowest BCUT2D eigenvalue weighted by Crippen LogP contribution is -2.45. The van der Waals surface area contributed by atoms with Crippen molar-refractivity contribution >= 4 is 24.0 Å². The first-order valence-electron chi connectivity index (χ1n) is 14.3. The summed E-state index contributed by atoms with van der Waals surface area (Å²) in [5, 5.41) is 4.12. The second-order valence-electron chi connectivity index (χ2n) is 11.1. The molecule has 3 aromatic carbocycles. The van der Waals surface area contributed by atoms with Gasteiger partial charge in [-0.05, 0) is 59.9 Å². The van der Waals surface area contributed by atoms with E-state index in [1.807, 2.05) is 30.3 Å². The first-order valence-corrected chi connectivity index (χ1v) is 16.9. The number of halogens is 1. The summed E-state index contributed by atoms with van der Waals surface area (Å²) in [5.74, 6) is 0.286. The van der Waals surface area contributed by atoms with Crippen LogP contribution in [0.25, 0.3) is 33.2 Å². The smallest absolute Gasteiger partial charge is 0.206 e. The maximum atomic E-state index is 16.3. The molecule has 0 bridgehead atoms. The molecule has 0 atom stereocenters. The Hall–Kier alpha value is -2.78. The highest BCUT2D eigenvalue weighted by Crippen LogP contribution is 2.43. The highest BCUT2D eigenvalue weighted by molar-refractivity contribution is 6.91. The van der Waals surface area contributed by atoms with Crippen molar-refractivity contribution in [2.24, 2.45) is 7.05 Å². The average molecular weight is 511 g/mol. The third-order valence-electron chi connectivity index (χ3n) is 9.45. The van der Waals surface area contributed by atoms with Crippen LogP contribution in [0.15, 0.2) is 66.9 Å². The summed E-state index contributed by atoms with van der Waals surface area (Å²) in [6.45, 7) is 9.27. The van der Waals surface area contributed by atoms with Crippen LogP contribution >= 0.6 is 0 Å². The molecular formula is C34H41FNSi+. The summed E-state index contributed by atoms with van der Waals surface area (Å²) in [6, 6.07) is 25.5. The minimum Gasteiger partial charge on any atom is -0.206 e. The van der Waals surface area contributed by atoms with Gasteiger partial charge in [-0.25, -0.2) is 8.96 Å². The molecule has 1 fully saturated rings. The number of hydrogen-bond donors (Lipinski definition) is 0. The van der Waals surface area contributed by atoms with Gasteiger partial charge in [0, 0.05) is 11.6 Å². The Morgan fingerprint density at radius 2 is 1.54 bits per heavy atom. The van der Waals surface area contributed by atoms with Crippen molar-refractivity contribution in [2.45, 2.75) is 77.4 Å². The van der Waals surface area contributed by atoms with Gasteiger partial charge in [-0.3, -0.25) is 0 Å². The molecule has 1 saturated carbocycles. The van der Waals surface area contributed by atoms with Crippen LogP contribution in [-0.2, 0) is 7.05 Å². The second-order valence-corrected chi connectivity index (χ2v) is 16.3. The number of pyridine rings is 1. The molecule has 4 aromatic rings. The van der Waals surface area contributed by atoms with Crippen molar-refractivity contribution in [3.63, 3.8) is 0 Å². The van der Waals surface area contributed by atoms with E-state index in [4.69, 9.17) is 0 Å². The van der Waals surface area contributed by atoms with Gasteiger partial charge in [0.25, 0.3) is 0 Å². The topological polar surface area (TPSA) is 3.88 Å². The maximum absolute atomic E-state index is 16.3. The van der Waals surface area contributed by atoms with E-state index in [0.29, 0.717) is 5.92 Å². The minimum atomic E-state index is -1.48. The van der Waals surface area contributed by atoms with Crippen LogP contribution in [0.2, 0.25) is 18.1 Å². The fourth-order valence-corrected chi connectivity index (χ4v) is 10.6. The summed E-state index contributed by atoms with van der Waals surface area (Å²) in [4.78, 5) is 0. The van der Waals surface area contributed by atoms with Crippen molar-refractivity contribution in [3.05, 3.63) is 83.8 Å². The average Bonchev–Trinajstić information content (AvgIpc) is 3.46. The Bertz CT molecular complexity index is 1410. The fraction of sp³-hybridized carbons (Fsp3) is 0.382. The van der Waals surface area contributed by atoms with Crippen LogP contribution in [0.1, 0.15) is 63.5 Å². The summed E-state index contributed by atoms with van der Waals surface area (Å²) in [5.41, 5.74) is 6.08. The van der Waals surface area contributed by atoms with Crippen LogP contribution < -0.4 is 9.75 Å². The Balaban J connectivity index is 1.78. The van der Waals surface area contributed by atoms with E-state index in [1.54, 1.807) is 5.19 Å². The van der Waals surface area contributed by atoms with E-state index in [2.05, 4.69) is 75.8 Å². The molecule has 0 amide bonds. The number of nitrogens with zero attached hydrogens (tertiary/aromatic N) is 1. The molecule has 0 radical (unpaired) electrons. The Morgan fingerprint density at radius 3 is 2.19 bits per heavy atom. The van der Waals surface area contributed by atoms with Crippen molar-refractivity contribution in [2.75, 3.05) is 0 Å². The highest BCUT2D eigenvalue weighted by Gasteiger charge is 2.31. The molecule has 3 heteroatoms. The van der Waals surface area contributed by atoms with Crippen LogP contribution in [0.5, 0.6) is 0 Å².